The first-order chi connectivity index (χ1) is 12.0. The SMILES string of the molecule is COc1cc(Br)c(CC(=O)N2CC(=O)Nc3ccccc32)cc1OC. The lowest BCUT2D eigenvalue weighted by Crippen LogP contribution is -2.42. The van der Waals surface area contributed by atoms with Crippen molar-refractivity contribution in [2.24, 2.45) is 0 Å². The fourth-order valence-electron chi connectivity index (χ4n) is 2.75. The lowest BCUT2D eigenvalue weighted by atomic mass is 10.1. The summed E-state index contributed by atoms with van der Waals surface area (Å²) in [6.07, 6.45) is 0.128. The Morgan fingerprint density at radius 3 is 2.60 bits per heavy atom. The van der Waals surface area contributed by atoms with Crippen LogP contribution < -0.4 is 19.7 Å². The summed E-state index contributed by atoms with van der Waals surface area (Å²) >= 11 is 3.46. The number of rotatable bonds is 4. The number of carbonyl (C=O) groups is 2. The molecule has 7 heteroatoms. The summed E-state index contributed by atoms with van der Waals surface area (Å²) < 4.78 is 11.3. The minimum Gasteiger partial charge on any atom is -0.493 e. The minimum atomic E-state index is -0.210. The second-order valence-corrected chi connectivity index (χ2v) is 6.37. The van der Waals surface area contributed by atoms with Gasteiger partial charge in [0.1, 0.15) is 6.54 Å². The van der Waals surface area contributed by atoms with Crippen molar-refractivity contribution in [2.75, 3.05) is 31.0 Å². The van der Waals surface area contributed by atoms with Crippen molar-refractivity contribution in [1.82, 2.24) is 0 Å². The van der Waals surface area contributed by atoms with Crippen LogP contribution in [-0.2, 0) is 16.0 Å². The van der Waals surface area contributed by atoms with E-state index in [-0.39, 0.29) is 24.8 Å². The molecule has 0 unspecified atom stereocenters. The summed E-state index contributed by atoms with van der Waals surface area (Å²) in [6.45, 7) is 0.000749. The number of ether oxygens (including phenoxy) is 2. The number of carbonyl (C=O) groups excluding carboxylic acids is 2. The second-order valence-electron chi connectivity index (χ2n) is 5.52. The van der Waals surface area contributed by atoms with Gasteiger partial charge in [0.05, 0.1) is 32.0 Å². The molecule has 1 N–H and O–H groups in total. The third-order valence-corrected chi connectivity index (χ3v) is 4.70. The van der Waals surface area contributed by atoms with Crippen molar-refractivity contribution < 1.29 is 19.1 Å². The first kappa shape index (κ1) is 17.3. The van der Waals surface area contributed by atoms with E-state index in [2.05, 4.69) is 21.2 Å². The molecule has 0 atom stereocenters. The Labute approximate surface area is 153 Å². The molecule has 0 fully saturated rings. The van der Waals surface area contributed by atoms with Crippen LogP contribution in [0.4, 0.5) is 11.4 Å². The fraction of sp³-hybridized carbons (Fsp3) is 0.222. The van der Waals surface area contributed by atoms with Crippen LogP contribution in [0.2, 0.25) is 0 Å². The van der Waals surface area contributed by atoms with Crippen LogP contribution in [-0.4, -0.2) is 32.6 Å². The zero-order chi connectivity index (χ0) is 18.0. The number of fused-ring (bicyclic) bond motifs is 1. The Morgan fingerprint density at radius 2 is 1.88 bits per heavy atom. The van der Waals surface area contributed by atoms with Gasteiger partial charge in [0.15, 0.2) is 11.5 Å². The Hall–Kier alpha value is -2.54. The quantitative estimate of drug-likeness (QED) is 0.850. The number of benzene rings is 2. The number of anilines is 2. The molecule has 0 aliphatic carbocycles. The average molecular weight is 405 g/mol. The molecule has 0 aromatic heterocycles. The number of methoxy groups -OCH3 is 2. The molecule has 6 nitrogen and oxygen atoms in total. The van der Waals surface area contributed by atoms with Crippen LogP contribution in [0.3, 0.4) is 0 Å². The predicted molar refractivity (Wildman–Crippen MR) is 98.4 cm³/mol. The van der Waals surface area contributed by atoms with E-state index in [1.165, 1.54) is 4.90 Å². The molecule has 0 saturated carbocycles. The van der Waals surface area contributed by atoms with E-state index in [1.807, 2.05) is 18.2 Å². The largest absolute Gasteiger partial charge is 0.493 e. The van der Waals surface area contributed by atoms with Crippen molar-refractivity contribution >= 4 is 39.1 Å². The summed E-state index contributed by atoms with van der Waals surface area (Å²) in [6, 6.07) is 10.8. The maximum absolute atomic E-state index is 12.8. The Balaban J connectivity index is 1.89. The first-order valence-electron chi connectivity index (χ1n) is 7.63. The average Bonchev–Trinajstić information content (AvgIpc) is 2.62. The number of hydrogen-bond acceptors (Lipinski definition) is 4. The minimum absolute atomic E-state index is 0.000749. The second kappa shape index (κ2) is 7.14. The molecule has 0 bridgehead atoms. The van der Waals surface area contributed by atoms with Crippen molar-refractivity contribution in [2.45, 2.75) is 6.42 Å². The standard InChI is InChI=1S/C18H17BrN2O4/c1-24-15-7-11(12(19)9-16(15)25-2)8-18(23)21-10-17(22)20-13-5-3-4-6-14(13)21/h3-7,9H,8,10H2,1-2H3,(H,20,22). The lowest BCUT2D eigenvalue weighted by Gasteiger charge is -2.29. The molecule has 0 spiro atoms. The van der Waals surface area contributed by atoms with Gasteiger partial charge in [-0.05, 0) is 29.8 Å². The van der Waals surface area contributed by atoms with Gasteiger partial charge >= 0.3 is 0 Å². The van der Waals surface area contributed by atoms with Gasteiger partial charge in [0, 0.05) is 4.47 Å². The molecule has 1 aliphatic heterocycles. The van der Waals surface area contributed by atoms with E-state index in [9.17, 15) is 9.59 Å². The van der Waals surface area contributed by atoms with Gasteiger partial charge in [-0.1, -0.05) is 28.1 Å². The van der Waals surface area contributed by atoms with Crippen molar-refractivity contribution in [3.8, 4) is 11.5 Å². The van der Waals surface area contributed by atoms with Gasteiger partial charge in [-0.3, -0.25) is 9.59 Å². The highest BCUT2D eigenvalue weighted by Gasteiger charge is 2.27. The number of hydrogen-bond donors (Lipinski definition) is 1. The highest BCUT2D eigenvalue weighted by Crippen LogP contribution is 2.35. The van der Waals surface area contributed by atoms with Gasteiger partial charge in [0.2, 0.25) is 11.8 Å². The topological polar surface area (TPSA) is 67.9 Å². The van der Waals surface area contributed by atoms with E-state index in [1.54, 1.807) is 32.4 Å². The molecule has 130 valence electrons. The number of para-hydroxylation sites is 2. The molecule has 2 amide bonds. The normalized spacial score (nSPS) is 13.1. The molecule has 1 heterocycles. The molecular weight excluding hydrogens is 388 g/mol. The predicted octanol–water partition coefficient (Wildman–Crippen LogP) is 2.99. The summed E-state index contributed by atoms with van der Waals surface area (Å²) in [7, 11) is 3.10. The molecule has 2 aromatic rings. The zero-order valence-electron chi connectivity index (χ0n) is 13.8. The third-order valence-electron chi connectivity index (χ3n) is 3.97. The van der Waals surface area contributed by atoms with Crippen molar-refractivity contribution in [3.05, 3.63) is 46.4 Å². The van der Waals surface area contributed by atoms with E-state index in [4.69, 9.17) is 9.47 Å². The number of nitrogens with one attached hydrogen (secondary N) is 1. The van der Waals surface area contributed by atoms with E-state index < -0.39 is 0 Å². The Morgan fingerprint density at radius 1 is 1.20 bits per heavy atom. The molecule has 0 radical (unpaired) electrons. The van der Waals surface area contributed by atoms with Crippen LogP contribution in [0.5, 0.6) is 11.5 Å². The van der Waals surface area contributed by atoms with Crippen molar-refractivity contribution in [3.63, 3.8) is 0 Å². The van der Waals surface area contributed by atoms with Crippen LogP contribution in [0.15, 0.2) is 40.9 Å². The van der Waals surface area contributed by atoms with Gasteiger partial charge < -0.3 is 19.7 Å². The van der Waals surface area contributed by atoms with Crippen LogP contribution >= 0.6 is 15.9 Å². The van der Waals surface area contributed by atoms with E-state index in [0.717, 1.165) is 10.0 Å². The fourth-order valence-corrected chi connectivity index (χ4v) is 3.21. The number of amides is 2. The first-order valence-corrected chi connectivity index (χ1v) is 8.42. The zero-order valence-corrected chi connectivity index (χ0v) is 15.4. The maximum Gasteiger partial charge on any atom is 0.244 e. The molecular formula is C18H17BrN2O4. The van der Waals surface area contributed by atoms with Crippen molar-refractivity contribution in [1.29, 1.82) is 0 Å². The van der Waals surface area contributed by atoms with E-state index in [0.29, 0.717) is 22.9 Å². The highest BCUT2D eigenvalue weighted by atomic mass is 79.9. The summed E-state index contributed by atoms with van der Waals surface area (Å²) in [4.78, 5) is 26.2. The monoisotopic (exact) mass is 404 g/mol. The Kier molecular flexibility index (Phi) is 4.94. The third kappa shape index (κ3) is 3.46. The van der Waals surface area contributed by atoms with Crippen LogP contribution in [0.1, 0.15) is 5.56 Å². The summed E-state index contributed by atoms with van der Waals surface area (Å²) in [5.41, 5.74) is 2.09. The summed E-state index contributed by atoms with van der Waals surface area (Å²) in [5, 5.41) is 2.77. The summed E-state index contributed by atoms with van der Waals surface area (Å²) in [5.74, 6) is 0.743. The lowest BCUT2D eigenvalue weighted by molar-refractivity contribution is -0.121. The molecule has 2 aromatic carbocycles. The maximum atomic E-state index is 12.8. The molecule has 25 heavy (non-hydrogen) atoms. The highest BCUT2D eigenvalue weighted by molar-refractivity contribution is 9.10. The number of halogens is 1. The smallest absolute Gasteiger partial charge is 0.244 e. The Bertz CT molecular complexity index is 838. The van der Waals surface area contributed by atoms with Crippen LogP contribution in [0, 0.1) is 0 Å². The van der Waals surface area contributed by atoms with E-state index >= 15 is 0 Å². The van der Waals surface area contributed by atoms with Gasteiger partial charge in [-0.2, -0.15) is 0 Å². The number of nitrogens with zero attached hydrogens (tertiary/aromatic N) is 1. The molecule has 3 rings (SSSR count). The van der Waals surface area contributed by atoms with Crippen LogP contribution in [0.25, 0.3) is 0 Å². The molecule has 0 saturated heterocycles. The van der Waals surface area contributed by atoms with Gasteiger partial charge in [0.25, 0.3) is 0 Å². The van der Waals surface area contributed by atoms with Gasteiger partial charge in [-0.25, -0.2) is 0 Å². The van der Waals surface area contributed by atoms with Gasteiger partial charge in [-0.15, -0.1) is 0 Å². The molecule has 1 aliphatic rings.